The summed E-state index contributed by atoms with van der Waals surface area (Å²) in [5.74, 6) is 2.29. The number of hydrogen-bond acceptors (Lipinski definition) is 6. The molecule has 1 aromatic heterocycles. The molecule has 1 saturated heterocycles. The lowest BCUT2D eigenvalue weighted by Crippen LogP contribution is -2.31. The first-order valence-corrected chi connectivity index (χ1v) is 9.55. The number of ether oxygens (including phenoxy) is 3. The highest BCUT2D eigenvalue weighted by molar-refractivity contribution is 5.94. The predicted octanol–water partition coefficient (Wildman–Crippen LogP) is 2.78. The fraction of sp³-hybridized carbons (Fsp3) is 0.429. The molecule has 0 saturated carbocycles. The zero-order valence-electron chi connectivity index (χ0n) is 16.2. The van der Waals surface area contributed by atoms with Gasteiger partial charge in [-0.3, -0.25) is 4.79 Å². The van der Waals surface area contributed by atoms with E-state index >= 15 is 0 Å². The molecule has 1 amide bonds. The van der Waals surface area contributed by atoms with Crippen molar-refractivity contribution in [1.29, 1.82) is 0 Å². The Morgan fingerprint density at radius 2 is 2.00 bits per heavy atom. The van der Waals surface area contributed by atoms with Crippen molar-refractivity contribution in [2.45, 2.75) is 31.9 Å². The van der Waals surface area contributed by atoms with Crippen LogP contribution >= 0.6 is 0 Å². The van der Waals surface area contributed by atoms with E-state index in [-0.39, 0.29) is 12.0 Å². The summed E-state index contributed by atoms with van der Waals surface area (Å²) in [6.07, 6.45) is 3.98. The monoisotopic (exact) mass is 383 g/mol. The van der Waals surface area contributed by atoms with Crippen LogP contribution in [0.3, 0.4) is 0 Å². The maximum Gasteiger partial charge on any atom is 0.253 e. The van der Waals surface area contributed by atoms with Gasteiger partial charge in [0, 0.05) is 19.7 Å². The summed E-state index contributed by atoms with van der Waals surface area (Å²) in [5.41, 5.74) is 3.17. The van der Waals surface area contributed by atoms with Crippen molar-refractivity contribution >= 4 is 17.4 Å². The Labute approximate surface area is 164 Å². The number of amides is 1. The summed E-state index contributed by atoms with van der Waals surface area (Å²) in [6, 6.07) is 7.93. The SMILES string of the molecule is COc1cc2c(cc1OC)CN(c1ccc(NC(=O)C3CCCO3)cn1)CC2. The lowest BCUT2D eigenvalue weighted by atomic mass is 9.99. The van der Waals surface area contributed by atoms with E-state index in [1.807, 2.05) is 18.2 Å². The van der Waals surface area contributed by atoms with Crippen LogP contribution in [0.1, 0.15) is 24.0 Å². The minimum Gasteiger partial charge on any atom is -0.493 e. The minimum absolute atomic E-state index is 0.0972. The topological polar surface area (TPSA) is 72.9 Å². The summed E-state index contributed by atoms with van der Waals surface area (Å²) in [5, 5.41) is 2.88. The molecule has 0 bridgehead atoms. The molecule has 1 atom stereocenters. The Morgan fingerprint density at radius 3 is 2.64 bits per heavy atom. The number of pyridine rings is 1. The minimum atomic E-state index is -0.342. The van der Waals surface area contributed by atoms with Crippen molar-refractivity contribution in [3.05, 3.63) is 41.6 Å². The van der Waals surface area contributed by atoms with Crippen molar-refractivity contribution in [2.24, 2.45) is 0 Å². The molecule has 3 heterocycles. The Balaban J connectivity index is 1.44. The Morgan fingerprint density at radius 1 is 1.21 bits per heavy atom. The maximum atomic E-state index is 12.2. The first kappa shape index (κ1) is 18.6. The number of nitrogens with one attached hydrogen (secondary N) is 1. The maximum absolute atomic E-state index is 12.2. The van der Waals surface area contributed by atoms with Crippen molar-refractivity contribution < 1.29 is 19.0 Å². The van der Waals surface area contributed by atoms with E-state index in [0.717, 1.165) is 49.7 Å². The van der Waals surface area contributed by atoms with Gasteiger partial charge in [-0.05, 0) is 54.7 Å². The second kappa shape index (κ2) is 8.06. The Bertz CT molecular complexity index is 847. The normalized spacial score (nSPS) is 18.5. The highest BCUT2D eigenvalue weighted by atomic mass is 16.5. The van der Waals surface area contributed by atoms with Crippen molar-refractivity contribution in [3.63, 3.8) is 0 Å². The molecule has 7 heteroatoms. The number of hydrogen-bond donors (Lipinski definition) is 1. The van der Waals surface area contributed by atoms with Crippen LogP contribution in [0, 0.1) is 0 Å². The van der Waals surface area contributed by atoms with Crippen LogP contribution in [0.4, 0.5) is 11.5 Å². The van der Waals surface area contributed by atoms with Crippen molar-refractivity contribution in [1.82, 2.24) is 4.98 Å². The van der Waals surface area contributed by atoms with Gasteiger partial charge in [-0.15, -0.1) is 0 Å². The number of aromatic nitrogens is 1. The molecule has 1 aromatic carbocycles. The molecule has 2 aromatic rings. The van der Waals surface area contributed by atoms with E-state index in [0.29, 0.717) is 12.3 Å². The Kier molecular flexibility index (Phi) is 5.34. The highest BCUT2D eigenvalue weighted by Gasteiger charge is 2.24. The van der Waals surface area contributed by atoms with E-state index in [9.17, 15) is 4.79 Å². The molecule has 1 fully saturated rings. The Hall–Kier alpha value is -2.80. The lowest BCUT2D eigenvalue weighted by molar-refractivity contribution is -0.124. The third-order valence-corrected chi connectivity index (χ3v) is 5.28. The number of carbonyl (C=O) groups is 1. The van der Waals surface area contributed by atoms with Crippen molar-refractivity contribution in [2.75, 3.05) is 37.6 Å². The fourth-order valence-electron chi connectivity index (χ4n) is 3.73. The smallest absolute Gasteiger partial charge is 0.253 e. The summed E-state index contributed by atoms with van der Waals surface area (Å²) in [6.45, 7) is 2.28. The summed E-state index contributed by atoms with van der Waals surface area (Å²) < 4.78 is 16.2. The standard InChI is InChI=1S/C21H25N3O4/c1-26-18-10-14-7-8-24(13-15(14)11-19(18)27-2)20-6-5-16(12-22-20)23-21(25)17-4-3-9-28-17/h5-6,10-12,17H,3-4,7-9,13H2,1-2H3,(H,23,25). The largest absolute Gasteiger partial charge is 0.493 e. The van der Waals surface area contributed by atoms with Gasteiger partial charge in [0.1, 0.15) is 11.9 Å². The van der Waals surface area contributed by atoms with E-state index in [2.05, 4.69) is 21.3 Å². The number of fused-ring (bicyclic) bond motifs is 1. The third-order valence-electron chi connectivity index (χ3n) is 5.28. The molecule has 148 valence electrons. The number of methoxy groups -OCH3 is 2. The van der Waals surface area contributed by atoms with E-state index < -0.39 is 0 Å². The van der Waals surface area contributed by atoms with Gasteiger partial charge in [-0.25, -0.2) is 4.98 Å². The third kappa shape index (κ3) is 3.75. The van der Waals surface area contributed by atoms with Crippen LogP contribution < -0.4 is 19.7 Å². The highest BCUT2D eigenvalue weighted by Crippen LogP contribution is 2.34. The number of rotatable bonds is 5. The van der Waals surface area contributed by atoms with Crippen LogP contribution in [0.25, 0.3) is 0 Å². The average molecular weight is 383 g/mol. The van der Waals surface area contributed by atoms with E-state index in [1.165, 1.54) is 11.1 Å². The summed E-state index contributed by atoms with van der Waals surface area (Å²) >= 11 is 0. The van der Waals surface area contributed by atoms with Crippen LogP contribution in [-0.2, 0) is 22.5 Å². The number of nitrogens with zero attached hydrogens (tertiary/aromatic N) is 2. The molecule has 2 aliphatic heterocycles. The van der Waals surface area contributed by atoms with Gasteiger partial charge in [-0.2, -0.15) is 0 Å². The first-order chi connectivity index (χ1) is 13.7. The average Bonchev–Trinajstić information content (AvgIpc) is 3.28. The number of anilines is 2. The molecule has 2 aliphatic rings. The molecule has 0 aliphatic carbocycles. The predicted molar refractivity (Wildman–Crippen MR) is 106 cm³/mol. The molecule has 0 radical (unpaired) electrons. The van der Waals surface area contributed by atoms with Gasteiger partial charge < -0.3 is 24.4 Å². The van der Waals surface area contributed by atoms with E-state index in [1.54, 1.807) is 20.4 Å². The summed E-state index contributed by atoms with van der Waals surface area (Å²) in [4.78, 5) is 18.9. The molecule has 7 nitrogen and oxygen atoms in total. The number of benzene rings is 1. The molecule has 1 N–H and O–H groups in total. The van der Waals surface area contributed by atoms with Gasteiger partial charge >= 0.3 is 0 Å². The molecule has 28 heavy (non-hydrogen) atoms. The first-order valence-electron chi connectivity index (χ1n) is 9.55. The van der Waals surface area contributed by atoms with Crippen LogP contribution in [-0.4, -0.2) is 44.4 Å². The molecule has 4 rings (SSSR count). The number of carbonyl (C=O) groups excluding carboxylic acids is 1. The van der Waals surface area contributed by atoms with Gasteiger partial charge in [-0.1, -0.05) is 0 Å². The molecular weight excluding hydrogens is 358 g/mol. The van der Waals surface area contributed by atoms with E-state index in [4.69, 9.17) is 14.2 Å². The zero-order valence-corrected chi connectivity index (χ0v) is 16.2. The van der Waals surface area contributed by atoms with Crippen molar-refractivity contribution in [3.8, 4) is 11.5 Å². The second-order valence-corrected chi connectivity index (χ2v) is 7.04. The van der Waals surface area contributed by atoms with Gasteiger partial charge in [0.05, 0.1) is 26.1 Å². The molecule has 1 unspecified atom stereocenters. The summed E-state index contributed by atoms with van der Waals surface area (Å²) in [7, 11) is 3.30. The lowest BCUT2D eigenvalue weighted by Gasteiger charge is -2.30. The van der Waals surface area contributed by atoms with Gasteiger partial charge in [0.25, 0.3) is 5.91 Å². The second-order valence-electron chi connectivity index (χ2n) is 7.04. The van der Waals surface area contributed by atoms with Gasteiger partial charge in [0.15, 0.2) is 11.5 Å². The fourth-order valence-corrected chi connectivity index (χ4v) is 3.73. The molecular formula is C21H25N3O4. The van der Waals surface area contributed by atoms with Gasteiger partial charge in [0.2, 0.25) is 0 Å². The quantitative estimate of drug-likeness (QED) is 0.856. The van der Waals surface area contributed by atoms with Crippen LogP contribution in [0.2, 0.25) is 0 Å². The zero-order chi connectivity index (χ0) is 19.5. The molecule has 0 spiro atoms. The van der Waals surface area contributed by atoms with Crippen LogP contribution in [0.5, 0.6) is 11.5 Å². The van der Waals surface area contributed by atoms with Crippen LogP contribution in [0.15, 0.2) is 30.5 Å².